The Kier molecular flexibility index (Phi) is 5.73. The molecule has 2 unspecified atom stereocenters. The zero-order valence-corrected chi connectivity index (χ0v) is 18.0. The number of imidazole rings is 1. The Balaban J connectivity index is 1.52. The quantitative estimate of drug-likeness (QED) is 0.506. The molecule has 3 N–H and O–H groups in total. The van der Waals surface area contributed by atoms with Crippen molar-refractivity contribution in [2.75, 3.05) is 11.9 Å². The van der Waals surface area contributed by atoms with E-state index in [0.717, 1.165) is 8.75 Å². The van der Waals surface area contributed by atoms with Gasteiger partial charge in [0.25, 0.3) is 5.91 Å². The number of thiazole rings is 1. The molecule has 156 valence electrons. The maximum Gasteiger partial charge on any atom is 0.405 e. The predicted octanol–water partition coefficient (Wildman–Crippen LogP) is 3.10. The van der Waals surface area contributed by atoms with Crippen molar-refractivity contribution in [3.8, 4) is 0 Å². The lowest BCUT2D eigenvalue weighted by atomic mass is 10.1. The Morgan fingerprint density at radius 2 is 2.00 bits per heavy atom. The number of nitrogens with zero attached hydrogens (tertiary/aromatic N) is 3. The summed E-state index contributed by atoms with van der Waals surface area (Å²) in [5.74, 6) is -0.384. The van der Waals surface area contributed by atoms with Crippen LogP contribution in [-0.2, 0) is 9.59 Å². The number of nitrogens with one attached hydrogen (secondary N) is 2. The number of carbonyl (C=O) groups is 3. The topological polar surface area (TPSA) is 116 Å². The van der Waals surface area contributed by atoms with E-state index in [4.69, 9.17) is 0 Å². The van der Waals surface area contributed by atoms with E-state index in [1.54, 1.807) is 40.9 Å². The minimum Gasteiger partial charge on any atom is -0.465 e. The summed E-state index contributed by atoms with van der Waals surface area (Å²) in [6.07, 6.45) is 3.40. The highest BCUT2D eigenvalue weighted by Crippen LogP contribution is 2.27. The average Bonchev–Trinajstić information content (AvgIpc) is 3.40. The smallest absolute Gasteiger partial charge is 0.405 e. The normalized spacial score (nSPS) is 17.1. The van der Waals surface area contributed by atoms with Crippen LogP contribution in [0.2, 0.25) is 0 Å². The van der Waals surface area contributed by atoms with Crippen molar-refractivity contribution in [1.82, 2.24) is 19.6 Å². The van der Waals surface area contributed by atoms with Gasteiger partial charge in [0.15, 0.2) is 10.8 Å². The van der Waals surface area contributed by atoms with E-state index in [1.165, 1.54) is 16.2 Å². The maximum absolute atomic E-state index is 13.2. The van der Waals surface area contributed by atoms with Gasteiger partial charge in [-0.2, -0.15) is 0 Å². The zero-order chi connectivity index (χ0) is 21.3. The minimum atomic E-state index is -1.30. The number of carboxylic acid groups (broad SMARTS) is 1. The molecule has 1 aliphatic heterocycles. The Morgan fingerprint density at radius 1 is 1.23 bits per heavy atom. The van der Waals surface area contributed by atoms with Gasteiger partial charge in [0, 0.05) is 12.7 Å². The largest absolute Gasteiger partial charge is 0.465 e. The predicted molar refractivity (Wildman–Crippen MR) is 114 cm³/mol. The van der Waals surface area contributed by atoms with Crippen molar-refractivity contribution in [3.05, 3.63) is 52.1 Å². The highest BCUT2D eigenvalue weighted by atomic mass is 79.9. The van der Waals surface area contributed by atoms with Crippen LogP contribution in [-0.4, -0.2) is 49.9 Å². The van der Waals surface area contributed by atoms with Crippen LogP contribution in [0.3, 0.4) is 0 Å². The van der Waals surface area contributed by atoms with Crippen molar-refractivity contribution in [3.63, 3.8) is 0 Å². The average molecular weight is 492 g/mol. The summed E-state index contributed by atoms with van der Waals surface area (Å²) >= 11 is 4.82. The van der Waals surface area contributed by atoms with Crippen molar-refractivity contribution in [2.45, 2.75) is 24.9 Å². The molecule has 2 atom stereocenters. The molecular formula is C19H18BrN5O4S. The molecule has 0 aliphatic carbocycles. The number of amides is 3. The number of fused-ring (bicyclic) bond motifs is 1. The molecule has 11 heteroatoms. The molecule has 1 fully saturated rings. The van der Waals surface area contributed by atoms with E-state index in [2.05, 4.69) is 31.5 Å². The lowest BCUT2D eigenvalue weighted by Crippen LogP contribution is -2.48. The first-order chi connectivity index (χ1) is 14.4. The molecule has 0 bridgehead atoms. The minimum absolute atomic E-state index is 0.340. The van der Waals surface area contributed by atoms with Crippen LogP contribution in [0.15, 0.2) is 46.5 Å². The van der Waals surface area contributed by atoms with Gasteiger partial charge in [0.2, 0.25) is 5.91 Å². The van der Waals surface area contributed by atoms with Crippen molar-refractivity contribution >= 4 is 56.0 Å². The molecule has 1 saturated heterocycles. The highest BCUT2D eigenvalue weighted by Gasteiger charge is 2.38. The summed E-state index contributed by atoms with van der Waals surface area (Å²) < 4.78 is 2.72. The lowest BCUT2D eigenvalue weighted by Gasteiger charge is -2.28. The molecule has 1 aliphatic rings. The number of halogens is 1. The molecule has 1 aromatic carbocycles. The van der Waals surface area contributed by atoms with Gasteiger partial charge in [-0.15, -0.1) is 0 Å². The Hall–Kier alpha value is -2.92. The first kappa shape index (κ1) is 20.4. The van der Waals surface area contributed by atoms with Crippen LogP contribution in [0.5, 0.6) is 0 Å². The molecular weight excluding hydrogens is 474 g/mol. The third kappa shape index (κ3) is 4.17. The SMILES string of the molecule is O=C(O)NC(C(=O)N1CCCC1C(=O)Nc1cn2cc(Br)sc2n1)c1ccccc1. The molecule has 0 saturated carbocycles. The summed E-state index contributed by atoms with van der Waals surface area (Å²) in [6.45, 7) is 0.382. The summed E-state index contributed by atoms with van der Waals surface area (Å²) in [7, 11) is 0. The van der Waals surface area contributed by atoms with Crippen LogP contribution in [0, 0.1) is 0 Å². The van der Waals surface area contributed by atoms with Crippen LogP contribution >= 0.6 is 27.3 Å². The highest BCUT2D eigenvalue weighted by molar-refractivity contribution is 9.11. The number of hydrogen-bond acceptors (Lipinski definition) is 5. The molecule has 0 spiro atoms. The molecule has 3 amide bonds. The van der Waals surface area contributed by atoms with Gasteiger partial charge < -0.3 is 20.6 Å². The fourth-order valence-corrected chi connectivity index (χ4v) is 4.91. The summed E-state index contributed by atoms with van der Waals surface area (Å²) in [6, 6.07) is 6.84. The Bertz CT molecular complexity index is 1070. The number of carbonyl (C=O) groups excluding carboxylic acids is 2. The first-order valence-electron chi connectivity index (χ1n) is 9.22. The molecule has 2 aromatic heterocycles. The van der Waals surface area contributed by atoms with Crippen LogP contribution < -0.4 is 10.6 Å². The van der Waals surface area contributed by atoms with Gasteiger partial charge >= 0.3 is 6.09 Å². The van der Waals surface area contributed by atoms with E-state index in [-0.39, 0.29) is 5.91 Å². The second-order valence-electron chi connectivity index (χ2n) is 6.82. The van der Waals surface area contributed by atoms with Crippen LogP contribution in [0.25, 0.3) is 4.96 Å². The van der Waals surface area contributed by atoms with Crippen molar-refractivity contribution in [2.24, 2.45) is 0 Å². The fourth-order valence-electron chi connectivity index (χ4n) is 3.56. The standard InChI is InChI=1S/C19H18BrN5O4S/c20-13-9-24-10-14(22-18(24)30-13)21-16(26)12-7-4-8-25(12)17(27)15(23-19(28)29)11-5-2-1-3-6-11/h1-3,5-6,9-10,12,15,23H,4,7-8H2,(H,21,26)(H,28,29). The lowest BCUT2D eigenvalue weighted by molar-refractivity contribution is -0.138. The summed E-state index contributed by atoms with van der Waals surface area (Å²) in [5, 5.41) is 14.3. The van der Waals surface area contributed by atoms with Crippen LogP contribution in [0.1, 0.15) is 24.4 Å². The number of anilines is 1. The van der Waals surface area contributed by atoms with E-state index >= 15 is 0 Å². The van der Waals surface area contributed by atoms with E-state index in [1.807, 2.05) is 6.20 Å². The second kappa shape index (κ2) is 8.44. The third-order valence-corrected chi connectivity index (χ3v) is 6.34. The number of benzene rings is 1. The van der Waals surface area contributed by atoms with E-state index in [9.17, 15) is 19.5 Å². The van der Waals surface area contributed by atoms with Crippen molar-refractivity contribution in [1.29, 1.82) is 0 Å². The monoisotopic (exact) mass is 491 g/mol. The number of likely N-dealkylation sites (tertiary alicyclic amines) is 1. The van der Waals surface area contributed by atoms with Gasteiger partial charge in [0.05, 0.1) is 9.98 Å². The first-order valence-corrected chi connectivity index (χ1v) is 10.8. The second-order valence-corrected chi connectivity index (χ2v) is 9.21. The van der Waals surface area contributed by atoms with Crippen LogP contribution in [0.4, 0.5) is 10.6 Å². The Labute approximate surface area is 183 Å². The number of rotatable bonds is 5. The molecule has 3 heterocycles. The molecule has 3 aromatic rings. The number of hydrogen-bond donors (Lipinski definition) is 3. The van der Waals surface area contributed by atoms with Crippen molar-refractivity contribution < 1.29 is 19.5 Å². The van der Waals surface area contributed by atoms with Gasteiger partial charge in [-0.05, 0) is 34.3 Å². The molecule has 30 heavy (non-hydrogen) atoms. The van der Waals surface area contributed by atoms with E-state index in [0.29, 0.717) is 30.8 Å². The third-order valence-electron chi connectivity index (χ3n) is 4.87. The molecule has 9 nitrogen and oxygen atoms in total. The van der Waals surface area contributed by atoms with Gasteiger partial charge in [-0.1, -0.05) is 41.7 Å². The zero-order valence-electron chi connectivity index (χ0n) is 15.6. The van der Waals surface area contributed by atoms with E-state index < -0.39 is 24.1 Å². The summed E-state index contributed by atoms with van der Waals surface area (Å²) in [4.78, 5) is 43.9. The molecule has 0 radical (unpaired) electrons. The Morgan fingerprint density at radius 3 is 2.70 bits per heavy atom. The summed E-state index contributed by atoms with van der Waals surface area (Å²) in [5.41, 5.74) is 0.524. The number of aromatic nitrogens is 2. The van der Waals surface area contributed by atoms with Gasteiger partial charge in [0.1, 0.15) is 12.1 Å². The fraction of sp³-hybridized carbons (Fsp3) is 0.263. The van der Waals surface area contributed by atoms with Gasteiger partial charge in [-0.3, -0.25) is 14.0 Å². The van der Waals surface area contributed by atoms with Gasteiger partial charge in [-0.25, -0.2) is 9.78 Å². The maximum atomic E-state index is 13.2. The molecule has 4 rings (SSSR count).